The van der Waals surface area contributed by atoms with Crippen LogP contribution < -0.4 is 0 Å². The lowest BCUT2D eigenvalue weighted by atomic mass is 10.0. The highest BCUT2D eigenvalue weighted by molar-refractivity contribution is 5.71. The van der Waals surface area contributed by atoms with Crippen molar-refractivity contribution in [3.8, 4) is 0 Å². The van der Waals surface area contributed by atoms with Crippen LogP contribution in [0, 0.1) is 0 Å². The molecule has 0 bridgehead atoms. The van der Waals surface area contributed by atoms with Gasteiger partial charge in [-0.1, -0.05) is 261 Å². The number of allylic oxidation sites excluding steroid dienone is 10. The molecular formula is C64H114O6. The molecule has 6 nitrogen and oxygen atoms in total. The molecule has 406 valence electrons. The number of carbonyl (C=O) groups is 3. The maximum Gasteiger partial charge on any atom is 0.306 e. The molecule has 0 saturated heterocycles. The molecule has 0 aliphatic rings. The van der Waals surface area contributed by atoms with Gasteiger partial charge in [0.05, 0.1) is 0 Å². The smallest absolute Gasteiger partial charge is 0.306 e. The van der Waals surface area contributed by atoms with Gasteiger partial charge in [0, 0.05) is 19.3 Å². The van der Waals surface area contributed by atoms with E-state index in [1.165, 1.54) is 193 Å². The summed E-state index contributed by atoms with van der Waals surface area (Å²) in [4.78, 5) is 38.1. The van der Waals surface area contributed by atoms with Gasteiger partial charge in [0.2, 0.25) is 0 Å². The van der Waals surface area contributed by atoms with Gasteiger partial charge in [-0.2, -0.15) is 0 Å². The summed E-state index contributed by atoms with van der Waals surface area (Å²) in [7, 11) is 0. The molecule has 0 aliphatic carbocycles. The third kappa shape index (κ3) is 56.0. The number of unbranched alkanes of at least 4 members (excludes halogenated alkanes) is 34. The molecule has 70 heavy (non-hydrogen) atoms. The Morgan fingerprint density at radius 2 is 0.514 bits per heavy atom. The zero-order chi connectivity index (χ0) is 50.7. The average molecular weight is 980 g/mol. The molecule has 0 aromatic carbocycles. The molecule has 0 amide bonds. The number of rotatable bonds is 55. The van der Waals surface area contributed by atoms with Crippen LogP contribution in [0.1, 0.15) is 310 Å². The molecule has 0 rings (SSSR count). The van der Waals surface area contributed by atoms with Crippen LogP contribution in [-0.2, 0) is 28.6 Å². The molecule has 1 atom stereocenters. The Hall–Kier alpha value is -2.89. The molecule has 0 spiro atoms. The average Bonchev–Trinajstić information content (AvgIpc) is 3.36. The summed E-state index contributed by atoms with van der Waals surface area (Å²) in [6.07, 6.45) is 73.7. The van der Waals surface area contributed by atoms with Crippen LogP contribution in [0.25, 0.3) is 0 Å². The number of hydrogen-bond donors (Lipinski definition) is 0. The van der Waals surface area contributed by atoms with Gasteiger partial charge >= 0.3 is 17.9 Å². The van der Waals surface area contributed by atoms with E-state index in [2.05, 4.69) is 81.5 Å². The van der Waals surface area contributed by atoms with Crippen LogP contribution in [0.15, 0.2) is 60.8 Å². The summed E-state index contributed by atoms with van der Waals surface area (Å²) in [5.41, 5.74) is 0. The quantitative estimate of drug-likeness (QED) is 0.0261. The van der Waals surface area contributed by atoms with Crippen LogP contribution in [-0.4, -0.2) is 37.2 Å². The molecular weight excluding hydrogens is 865 g/mol. The second-order valence-corrected chi connectivity index (χ2v) is 20.3. The van der Waals surface area contributed by atoms with Crippen molar-refractivity contribution in [1.82, 2.24) is 0 Å². The van der Waals surface area contributed by atoms with E-state index in [0.717, 1.165) is 77.0 Å². The van der Waals surface area contributed by atoms with Crippen molar-refractivity contribution in [2.75, 3.05) is 13.2 Å². The molecule has 0 radical (unpaired) electrons. The van der Waals surface area contributed by atoms with E-state index in [1.807, 2.05) is 0 Å². The first-order chi connectivity index (χ1) is 34.5. The lowest BCUT2D eigenvalue weighted by Gasteiger charge is -2.18. The van der Waals surface area contributed by atoms with Crippen LogP contribution >= 0.6 is 0 Å². The highest BCUT2D eigenvalue weighted by Crippen LogP contribution is 2.16. The van der Waals surface area contributed by atoms with E-state index in [4.69, 9.17) is 14.2 Å². The first-order valence-electron chi connectivity index (χ1n) is 30.3. The topological polar surface area (TPSA) is 78.9 Å². The largest absolute Gasteiger partial charge is 0.462 e. The monoisotopic (exact) mass is 979 g/mol. The first kappa shape index (κ1) is 67.1. The van der Waals surface area contributed by atoms with Crippen LogP contribution in [0.5, 0.6) is 0 Å². The predicted octanol–water partition coefficient (Wildman–Crippen LogP) is 20.4. The number of ether oxygens (including phenoxy) is 3. The molecule has 0 heterocycles. The molecule has 1 unspecified atom stereocenters. The molecule has 0 aromatic heterocycles. The molecule has 0 aromatic rings. The number of esters is 3. The predicted molar refractivity (Wildman–Crippen MR) is 302 cm³/mol. The van der Waals surface area contributed by atoms with Gasteiger partial charge < -0.3 is 14.2 Å². The minimum Gasteiger partial charge on any atom is -0.462 e. The van der Waals surface area contributed by atoms with E-state index < -0.39 is 6.10 Å². The van der Waals surface area contributed by atoms with Crippen molar-refractivity contribution in [1.29, 1.82) is 0 Å². The zero-order valence-electron chi connectivity index (χ0n) is 46.5. The summed E-state index contributed by atoms with van der Waals surface area (Å²) in [6, 6.07) is 0. The van der Waals surface area contributed by atoms with Crippen molar-refractivity contribution < 1.29 is 28.6 Å². The number of carbonyl (C=O) groups excluding carboxylic acids is 3. The van der Waals surface area contributed by atoms with Crippen LogP contribution in [0.4, 0.5) is 0 Å². The minimum atomic E-state index is -0.775. The first-order valence-corrected chi connectivity index (χ1v) is 30.3. The van der Waals surface area contributed by atoms with Gasteiger partial charge in [-0.3, -0.25) is 14.4 Å². The fourth-order valence-electron chi connectivity index (χ4n) is 8.66. The number of hydrogen-bond acceptors (Lipinski definition) is 6. The molecule has 0 saturated carbocycles. The summed E-state index contributed by atoms with van der Waals surface area (Å²) in [5, 5.41) is 0. The Balaban J connectivity index is 4.20. The van der Waals surface area contributed by atoms with Crippen LogP contribution in [0.3, 0.4) is 0 Å². The zero-order valence-corrected chi connectivity index (χ0v) is 46.5. The van der Waals surface area contributed by atoms with Gasteiger partial charge in [-0.15, -0.1) is 0 Å². The van der Waals surface area contributed by atoms with E-state index in [1.54, 1.807) is 0 Å². The van der Waals surface area contributed by atoms with Crippen molar-refractivity contribution in [2.24, 2.45) is 0 Å². The maximum absolute atomic E-state index is 12.8. The third-order valence-corrected chi connectivity index (χ3v) is 13.2. The Bertz CT molecular complexity index is 1260. The molecule has 6 heteroatoms. The van der Waals surface area contributed by atoms with Gasteiger partial charge in [0.1, 0.15) is 13.2 Å². The van der Waals surface area contributed by atoms with Crippen molar-refractivity contribution in [3.63, 3.8) is 0 Å². The van der Waals surface area contributed by atoms with Crippen molar-refractivity contribution >= 4 is 17.9 Å². The van der Waals surface area contributed by atoms with Crippen LogP contribution in [0.2, 0.25) is 0 Å². The Kier molecular flexibility index (Phi) is 56.3. The second kappa shape index (κ2) is 58.7. The van der Waals surface area contributed by atoms with E-state index in [0.29, 0.717) is 19.3 Å². The summed E-state index contributed by atoms with van der Waals surface area (Å²) in [5.74, 6) is -0.876. The summed E-state index contributed by atoms with van der Waals surface area (Å²) < 4.78 is 16.8. The Labute approximate surface area is 434 Å². The van der Waals surface area contributed by atoms with Gasteiger partial charge in [-0.25, -0.2) is 0 Å². The molecule has 0 fully saturated rings. The standard InChI is InChI=1S/C64H114O6/c1-4-7-10-13-16-19-21-23-25-27-29-30-31-32-33-34-36-37-39-41-43-45-48-51-54-57-63(66)69-60-61(59-68-62(65)56-53-50-47-18-15-12-9-6-3)70-64(67)58-55-52-49-46-44-42-40-38-35-28-26-24-22-20-17-14-11-8-5-2/h17,20-21,23-24,26-27,29,31-32,61H,4-16,18-19,22,25,28,30,33-60H2,1-3H3/b20-17-,23-21-,26-24-,29-27-,32-31-. The maximum atomic E-state index is 12.8. The van der Waals surface area contributed by atoms with Crippen molar-refractivity contribution in [3.05, 3.63) is 60.8 Å². The van der Waals surface area contributed by atoms with Crippen molar-refractivity contribution in [2.45, 2.75) is 316 Å². The van der Waals surface area contributed by atoms with Gasteiger partial charge in [0.15, 0.2) is 6.10 Å². The second-order valence-electron chi connectivity index (χ2n) is 20.3. The normalized spacial score (nSPS) is 12.4. The Morgan fingerprint density at radius 3 is 0.829 bits per heavy atom. The summed E-state index contributed by atoms with van der Waals surface area (Å²) in [6.45, 7) is 6.60. The lowest BCUT2D eigenvalue weighted by molar-refractivity contribution is -0.167. The summed E-state index contributed by atoms with van der Waals surface area (Å²) >= 11 is 0. The minimum absolute atomic E-state index is 0.0750. The lowest BCUT2D eigenvalue weighted by Crippen LogP contribution is -2.30. The van der Waals surface area contributed by atoms with Gasteiger partial charge in [0.25, 0.3) is 0 Å². The Morgan fingerprint density at radius 1 is 0.286 bits per heavy atom. The molecule has 0 aliphatic heterocycles. The van der Waals surface area contributed by atoms with E-state index in [-0.39, 0.29) is 31.1 Å². The van der Waals surface area contributed by atoms with Gasteiger partial charge in [-0.05, 0) is 89.9 Å². The van der Waals surface area contributed by atoms with E-state index >= 15 is 0 Å². The molecule has 0 N–H and O–H groups in total. The van der Waals surface area contributed by atoms with E-state index in [9.17, 15) is 14.4 Å². The highest BCUT2D eigenvalue weighted by atomic mass is 16.6. The third-order valence-electron chi connectivity index (χ3n) is 13.2. The highest BCUT2D eigenvalue weighted by Gasteiger charge is 2.19. The SMILES string of the molecule is CCCCC/C=C\C/C=C\CCCCCCCCCCCC(=O)OC(COC(=O)CCCCCCCCCC)COC(=O)CCCCCCCCCCCC/C=C\C/C=C\C/C=C\CCCCCCC. The fraction of sp³-hybridized carbons (Fsp3) is 0.797. The fourth-order valence-corrected chi connectivity index (χ4v) is 8.66.